The van der Waals surface area contributed by atoms with Crippen molar-refractivity contribution in [3.63, 3.8) is 0 Å². The number of rotatable bonds is 4. The molecule has 1 N–H and O–H groups in total. The molecule has 1 amide bonds. The number of hydrogen-bond acceptors (Lipinski definition) is 3. The highest BCUT2D eigenvalue weighted by Crippen LogP contribution is 2.01. The zero-order chi connectivity index (χ0) is 11.1. The monoisotopic (exact) mass is 198 g/mol. The molecule has 0 rings (SSSR count). The Balaban J connectivity index is 4.21. The van der Waals surface area contributed by atoms with Crippen LogP contribution in [0.15, 0.2) is 11.8 Å². The molecule has 1 radical (unpaired) electrons. The Morgan fingerprint density at radius 1 is 1.50 bits per heavy atom. The Hall–Kier alpha value is -1.32. The van der Waals surface area contributed by atoms with E-state index in [1.165, 1.54) is 6.08 Å². The fraction of sp³-hybridized carbons (Fsp3) is 0.500. The van der Waals surface area contributed by atoms with Crippen molar-refractivity contribution >= 4 is 11.9 Å². The first-order valence-corrected chi connectivity index (χ1v) is 4.43. The quantitative estimate of drug-likeness (QED) is 0.548. The van der Waals surface area contributed by atoms with Gasteiger partial charge in [0.25, 0.3) is 0 Å². The van der Waals surface area contributed by atoms with Gasteiger partial charge in [0.15, 0.2) is 0 Å². The minimum atomic E-state index is -0.635. The highest BCUT2D eigenvalue weighted by molar-refractivity contribution is 5.93. The van der Waals surface area contributed by atoms with Crippen LogP contribution in [-0.2, 0) is 14.3 Å². The first kappa shape index (κ1) is 12.7. The maximum absolute atomic E-state index is 11.3. The van der Waals surface area contributed by atoms with Crippen molar-refractivity contribution in [2.45, 2.75) is 27.2 Å². The van der Waals surface area contributed by atoms with Crippen LogP contribution in [-0.4, -0.2) is 11.9 Å². The van der Waals surface area contributed by atoms with Gasteiger partial charge in [0.1, 0.15) is 12.8 Å². The third-order valence-corrected chi connectivity index (χ3v) is 1.51. The van der Waals surface area contributed by atoms with E-state index < -0.39 is 5.97 Å². The lowest BCUT2D eigenvalue weighted by Crippen LogP contribution is -2.28. The number of ether oxygens (including phenoxy) is 1. The standard InChI is InChI=1S/C10H16NO3/c1-5-8(10(13)14-4)11-9(12)6-7(2)3/h5,7H,4,6H2,1-3H3,(H,11,12)/b8-5-. The third-order valence-electron chi connectivity index (χ3n) is 1.51. The minimum absolute atomic E-state index is 0.130. The molecule has 14 heavy (non-hydrogen) atoms. The van der Waals surface area contributed by atoms with Crippen molar-refractivity contribution < 1.29 is 14.3 Å². The second-order valence-corrected chi connectivity index (χ2v) is 3.28. The summed E-state index contributed by atoms with van der Waals surface area (Å²) in [4.78, 5) is 22.3. The van der Waals surface area contributed by atoms with Gasteiger partial charge in [-0.3, -0.25) is 4.79 Å². The van der Waals surface area contributed by atoms with Crippen molar-refractivity contribution in [1.29, 1.82) is 0 Å². The summed E-state index contributed by atoms with van der Waals surface area (Å²) in [5.74, 6) is -0.577. The second kappa shape index (κ2) is 6.18. The molecule has 0 saturated heterocycles. The highest BCUT2D eigenvalue weighted by Gasteiger charge is 2.12. The van der Waals surface area contributed by atoms with Gasteiger partial charge in [-0.1, -0.05) is 19.9 Å². The molecule has 0 aliphatic rings. The van der Waals surface area contributed by atoms with E-state index >= 15 is 0 Å². The fourth-order valence-electron chi connectivity index (χ4n) is 0.891. The molecule has 0 spiro atoms. The Morgan fingerprint density at radius 3 is 2.43 bits per heavy atom. The van der Waals surface area contributed by atoms with Crippen LogP contribution < -0.4 is 5.32 Å². The van der Waals surface area contributed by atoms with Crippen molar-refractivity contribution in [1.82, 2.24) is 5.32 Å². The Kier molecular flexibility index (Phi) is 5.60. The van der Waals surface area contributed by atoms with Gasteiger partial charge in [0.2, 0.25) is 5.91 Å². The van der Waals surface area contributed by atoms with Crippen LogP contribution in [0.4, 0.5) is 0 Å². The smallest absolute Gasteiger partial charge is 0.354 e. The molecule has 0 fully saturated rings. The summed E-state index contributed by atoms with van der Waals surface area (Å²) >= 11 is 0. The van der Waals surface area contributed by atoms with Crippen LogP contribution in [0.1, 0.15) is 27.2 Å². The predicted molar refractivity (Wildman–Crippen MR) is 52.8 cm³/mol. The molecule has 0 saturated carbocycles. The lowest BCUT2D eigenvalue weighted by atomic mass is 10.1. The molecule has 0 aromatic rings. The first-order chi connectivity index (χ1) is 6.51. The van der Waals surface area contributed by atoms with E-state index in [0.29, 0.717) is 6.42 Å². The van der Waals surface area contributed by atoms with Crippen LogP contribution in [0.2, 0.25) is 0 Å². The number of hydrogen-bond donors (Lipinski definition) is 1. The lowest BCUT2D eigenvalue weighted by Gasteiger charge is -2.08. The highest BCUT2D eigenvalue weighted by atomic mass is 16.5. The molecule has 4 nitrogen and oxygen atoms in total. The van der Waals surface area contributed by atoms with Crippen LogP contribution in [0.25, 0.3) is 0 Å². The Morgan fingerprint density at radius 2 is 2.07 bits per heavy atom. The Bertz CT molecular complexity index is 244. The van der Waals surface area contributed by atoms with E-state index in [9.17, 15) is 9.59 Å². The number of carbonyl (C=O) groups is 2. The van der Waals surface area contributed by atoms with Crippen LogP contribution >= 0.6 is 0 Å². The van der Waals surface area contributed by atoms with Gasteiger partial charge in [0, 0.05) is 6.42 Å². The summed E-state index contributed by atoms with van der Waals surface area (Å²) in [7, 11) is 2.98. The van der Waals surface area contributed by atoms with Crippen LogP contribution in [0.3, 0.4) is 0 Å². The molecule has 0 aromatic carbocycles. The van der Waals surface area contributed by atoms with Gasteiger partial charge in [0.05, 0.1) is 0 Å². The molecule has 4 heteroatoms. The number of carbonyl (C=O) groups excluding carboxylic acids is 2. The average molecular weight is 198 g/mol. The van der Waals surface area contributed by atoms with Gasteiger partial charge in [-0.15, -0.1) is 0 Å². The van der Waals surface area contributed by atoms with Gasteiger partial charge in [-0.05, 0) is 12.8 Å². The molecule has 0 aliphatic heterocycles. The fourth-order valence-corrected chi connectivity index (χ4v) is 0.891. The SMILES string of the molecule is [CH2]OC(=O)/C(=C/C)NC(=O)CC(C)C. The van der Waals surface area contributed by atoms with Crippen LogP contribution in [0.5, 0.6) is 0 Å². The number of nitrogens with one attached hydrogen (secondary N) is 1. The summed E-state index contributed by atoms with van der Waals surface area (Å²) < 4.78 is 4.24. The third kappa shape index (κ3) is 4.64. The van der Waals surface area contributed by atoms with E-state index in [1.807, 2.05) is 13.8 Å². The van der Waals surface area contributed by atoms with E-state index in [0.717, 1.165) is 0 Å². The average Bonchev–Trinajstić information content (AvgIpc) is 2.11. The normalized spacial score (nSPS) is 11.4. The van der Waals surface area contributed by atoms with E-state index in [-0.39, 0.29) is 17.5 Å². The largest absolute Gasteiger partial charge is 0.457 e. The summed E-state index contributed by atoms with van der Waals surface area (Å²) in [6, 6.07) is 0. The molecule has 0 atom stereocenters. The van der Waals surface area contributed by atoms with E-state index in [1.54, 1.807) is 6.92 Å². The number of esters is 1. The zero-order valence-electron chi connectivity index (χ0n) is 8.79. The minimum Gasteiger partial charge on any atom is -0.457 e. The van der Waals surface area contributed by atoms with Gasteiger partial charge in [-0.25, -0.2) is 4.79 Å². The topological polar surface area (TPSA) is 55.4 Å². The van der Waals surface area contributed by atoms with Gasteiger partial charge in [-0.2, -0.15) is 0 Å². The zero-order valence-corrected chi connectivity index (χ0v) is 8.79. The molecular weight excluding hydrogens is 182 g/mol. The van der Waals surface area contributed by atoms with Gasteiger partial charge < -0.3 is 10.1 Å². The van der Waals surface area contributed by atoms with E-state index in [4.69, 9.17) is 0 Å². The first-order valence-electron chi connectivity index (χ1n) is 4.43. The molecular formula is C10H16NO3. The maximum Gasteiger partial charge on any atom is 0.354 e. The Labute approximate surface area is 84.3 Å². The second-order valence-electron chi connectivity index (χ2n) is 3.28. The summed E-state index contributed by atoms with van der Waals surface area (Å²) in [5, 5.41) is 2.46. The van der Waals surface area contributed by atoms with Crippen molar-refractivity contribution in [2.24, 2.45) is 5.92 Å². The van der Waals surface area contributed by atoms with Crippen molar-refractivity contribution in [2.75, 3.05) is 0 Å². The van der Waals surface area contributed by atoms with Gasteiger partial charge >= 0.3 is 5.97 Å². The molecule has 0 bridgehead atoms. The summed E-state index contributed by atoms with van der Waals surface area (Å²) in [6.07, 6.45) is 1.85. The number of allylic oxidation sites excluding steroid dienone is 1. The predicted octanol–water partition coefficient (Wildman–Crippen LogP) is 1.39. The summed E-state index contributed by atoms with van der Waals surface area (Å²) in [5.41, 5.74) is 0.130. The molecule has 0 aromatic heterocycles. The summed E-state index contributed by atoms with van der Waals surface area (Å²) in [6.45, 7) is 5.49. The molecule has 0 heterocycles. The molecule has 79 valence electrons. The van der Waals surface area contributed by atoms with E-state index in [2.05, 4.69) is 17.2 Å². The molecule has 0 aliphatic carbocycles. The molecule has 0 unspecified atom stereocenters. The lowest BCUT2D eigenvalue weighted by molar-refractivity contribution is -0.136. The van der Waals surface area contributed by atoms with Crippen molar-refractivity contribution in [3.05, 3.63) is 18.9 Å². The number of amides is 1. The maximum atomic E-state index is 11.3. The van der Waals surface area contributed by atoms with Crippen molar-refractivity contribution in [3.8, 4) is 0 Å². The van der Waals surface area contributed by atoms with Crippen LogP contribution in [0, 0.1) is 13.0 Å².